The minimum absolute atomic E-state index is 0.0469. The summed E-state index contributed by atoms with van der Waals surface area (Å²) in [5, 5.41) is 10.9. The molecule has 1 radical (unpaired) electrons. The topological polar surface area (TPSA) is 19.9 Å². The second-order valence-corrected chi connectivity index (χ2v) is 3.26. The summed E-state index contributed by atoms with van der Waals surface area (Å²) in [4.78, 5) is 0. The average Bonchev–Trinajstić information content (AvgIpc) is 1.62. The number of rotatable bonds is 1. The molecule has 0 rings (SSSR count). The molecule has 1 unspecified atom stereocenters. The molecule has 0 heterocycles. The lowest BCUT2D eigenvalue weighted by Gasteiger charge is -2.21. The largest absolute Gasteiger partial charge is 0.233 e. The van der Waals surface area contributed by atoms with Gasteiger partial charge in [-0.05, 0) is 11.8 Å². The zero-order valence-corrected chi connectivity index (χ0v) is 6.19. The Labute approximate surface area is 51.7 Å². The van der Waals surface area contributed by atoms with Crippen molar-refractivity contribution >= 4 is 0 Å². The maximum atomic E-state index is 10.9. The van der Waals surface area contributed by atoms with E-state index in [1.54, 1.807) is 0 Å². The van der Waals surface area contributed by atoms with Gasteiger partial charge in [0, 0.05) is 0 Å². The molecule has 0 aromatic rings. The molecule has 0 aromatic heterocycles. The van der Waals surface area contributed by atoms with E-state index in [0.717, 1.165) is 6.42 Å². The second kappa shape index (κ2) is 2.49. The van der Waals surface area contributed by atoms with Crippen LogP contribution in [0.4, 0.5) is 0 Å². The Morgan fingerprint density at radius 2 is 1.75 bits per heavy atom. The van der Waals surface area contributed by atoms with Crippen molar-refractivity contribution in [2.45, 2.75) is 40.2 Å². The number of hydrogen-bond acceptors (Lipinski definition) is 0. The van der Waals surface area contributed by atoms with Crippen LogP contribution in [0.15, 0.2) is 0 Å². The van der Waals surface area contributed by atoms with Crippen LogP contribution in [0.2, 0.25) is 0 Å². The van der Waals surface area contributed by atoms with Gasteiger partial charge in [0.05, 0.1) is 6.10 Å². The highest BCUT2D eigenvalue weighted by atomic mass is 16.3. The van der Waals surface area contributed by atoms with Gasteiger partial charge in [0.1, 0.15) is 0 Å². The molecule has 8 heavy (non-hydrogen) atoms. The second-order valence-electron chi connectivity index (χ2n) is 3.26. The Morgan fingerprint density at radius 1 is 1.38 bits per heavy atom. The van der Waals surface area contributed by atoms with Crippen LogP contribution in [-0.2, 0) is 5.11 Å². The first-order valence-electron chi connectivity index (χ1n) is 3.14. The van der Waals surface area contributed by atoms with Crippen molar-refractivity contribution in [3.8, 4) is 0 Å². The summed E-state index contributed by atoms with van der Waals surface area (Å²) in [6.45, 7) is 7.87. The molecule has 0 saturated heterocycles. The van der Waals surface area contributed by atoms with E-state index >= 15 is 0 Å². The minimum atomic E-state index is -0.400. The SMILES string of the molecule is CCC([O])C(C)(C)C. The fourth-order valence-corrected chi connectivity index (χ4v) is 0.612. The molecule has 0 aliphatic rings. The molecular formula is C7H15O. The highest BCUT2D eigenvalue weighted by Gasteiger charge is 2.20. The van der Waals surface area contributed by atoms with Gasteiger partial charge in [-0.15, -0.1) is 0 Å². The lowest BCUT2D eigenvalue weighted by Crippen LogP contribution is -2.23. The van der Waals surface area contributed by atoms with Crippen LogP contribution < -0.4 is 0 Å². The third kappa shape index (κ3) is 2.31. The van der Waals surface area contributed by atoms with Crippen molar-refractivity contribution in [3.05, 3.63) is 0 Å². The van der Waals surface area contributed by atoms with Crippen LogP contribution in [0.5, 0.6) is 0 Å². The van der Waals surface area contributed by atoms with E-state index in [1.807, 2.05) is 27.7 Å². The van der Waals surface area contributed by atoms with Crippen LogP contribution in [0.25, 0.3) is 0 Å². The van der Waals surface area contributed by atoms with Gasteiger partial charge in [-0.25, -0.2) is 5.11 Å². The maximum absolute atomic E-state index is 10.9. The molecule has 49 valence electrons. The lowest BCUT2D eigenvalue weighted by atomic mass is 9.88. The van der Waals surface area contributed by atoms with Gasteiger partial charge in [-0.3, -0.25) is 0 Å². The standard InChI is InChI=1S/C7H15O/c1-5-6(8)7(2,3)4/h6H,5H2,1-4H3. The Bertz CT molecular complexity index is 61.3. The summed E-state index contributed by atoms with van der Waals surface area (Å²) in [6.07, 6.45) is 0.339. The summed E-state index contributed by atoms with van der Waals surface area (Å²) in [5.74, 6) is 0. The van der Waals surface area contributed by atoms with Crippen molar-refractivity contribution in [2.24, 2.45) is 5.41 Å². The summed E-state index contributed by atoms with van der Waals surface area (Å²) in [5.41, 5.74) is -0.0469. The normalized spacial score (nSPS) is 16.1. The smallest absolute Gasteiger partial charge is 0.0975 e. The summed E-state index contributed by atoms with van der Waals surface area (Å²) < 4.78 is 0. The fourth-order valence-electron chi connectivity index (χ4n) is 0.612. The maximum Gasteiger partial charge on any atom is 0.0975 e. The lowest BCUT2D eigenvalue weighted by molar-refractivity contribution is -0.00183. The Balaban J connectivity index is 3.62. The van der Waals surface area contributed by atoms with E-state index in [9.17, 15) is 5.11 Å². The molecule has 0 aromatic carbocycles. The van der Waals surface area contributed by atoms with Crippen LogP contribution in [0.3, 0.4) is 0 Å². The first-order valence-corrected chi connectivity index (χ1v) is 3.14. The number of hydrogen-bond donors (Lipinski definition) is 0. The van der Waals surface area contributed by atoms with Crippen LogP contribution in [0.1, 0.15) is 34.1 Å². The third-order valence-electron chi connectivity index (χ3n) is 1.34. The van der Waals surface area contributed by atoms with E-state index in [4.69, 9.17) is 0 Å². The molecule has 0 saturated carbocycles. The molecule has 0 amide bonds. The van der Waals surface area contributed by atoms with E-state index in [0.29, 0.717) is 0 Å². The van der Waals surface area contributed by atoms with Gasteiger partial charge >= 0.3 is 0 Å². The van der Waals surface area contributed by atoms with Crippen LogP contribution >= 0.6 is 0 Å². The van der Waals surface area contributed by atoms with Crippen LogP contribution in [-0.4, -0.2) is 6.10 Å². The van der Waals surface area contributed by atoms with Gasteiger partial charge in [-0.2, -0.15) is 0 Å². The Kier molecular flexibility index (Phi) is 2.48. The summed E-state index contributed by atoms with van der Waals surface area (Å²) in [7, 11) is 0. The first kappa shape index (κ1) is 7.96. The fraction of sp³-hybridized carbons (Fsp3) is 1.00. The molecular weight excluding hydrogens is 100 g/mol. The first-order chi connectivity index (χ1) is 3.48. The Morgan fingerprint density at radius 3 is 1.75 bits per heavy atom. The average molecular weight is 115 g/mol. The van der Waals surface area contributed by atoms with Gasteiger partial charge < -0.3 is 0 Å². The zero-order chi connectivity index (χ0) is 6.78. The quantitative estimate of drug-likeness (QED) is 0.499. The molecule has 1 heteroatoms. The predicted octanol–water partition coefficient (Wildman–Crippen LogP) is 2.24. The Hall–Kier alpha value is -0.0400. The molecule has 0 spiro atoms. The minimum Gasteiger partial charge on any atom is -0.233 e. The molecule has 0 bridgehead atoms. The van der Waals surface area contributed by atoms with E-state index in [2.05, 4.69) is 0 Å². The van der Waals surface area contributed by atoms with E-state index < -0.39 is 6.10 Å². The summed E-state index contributed by atoms with van der Waals surface area (Å²) >= 11 is 0. The summed E-state index contributed by atoms with van der Waals surface area (Å²) in [6, 6.07) is 0. The van der Waals surface area contributed by atoms with Gasteiger partial charge in [-0.1, -0.05) is 27.7 Å². The van der Waals surface area contributed by atoms with Crippen molar-refractivity contribution in [2.75, 3.05) is 0 Å². The molecule has 0 aliphatic heterocycles. The van der Waals surface area contributed by atoms with Crippen molar-refractivity contribution < 1.29 is 5.11 Å². The molecule has 0 aliphatic carbocycles. The van der Waals surface area contributed by atoms with Crippen molar-refractivity contribution in [3.63, 3.8) is 0 Å². The highest BCUT2D eigenvalue weighted by molar-refractivity contribution is 4.69. The third-order valence-corrected chi connectivity index (χ3v) is 1.34. The molecule has 0 fully saturated rings. The van der Waals surface area contributed by atoms with Crippen molar-refractivity contribution in [1.82, 2.24) is 0 Å². The molecule has 1 atom stereocenters. The van der Waals surface area contributed by atoms with Crippen molar-refractivity contribution in [1.29, 1.82) is 0 Å². The van der Waals surface area contributed by atoms with E-state index in [1.165, 1.54) is 0 Å². The highest BCUT2D eigenvalue weighted by Crippen LogP contribution is 2.21. The monoisotopic (exact) mass is 115 g/mol. The molecule has 0 N–H and O–H groups in total. The van der Waals surface area contributed by atoms with Gasteiger partial charge in [0.15, 0.2) is 0 Å². The zero-order valence-electron chi connectivity index (χ0n) is 6.19. The van der Waals surface area contributed by atoms with Gasteiger partial charge in [0.2, 0.25) is 0 Å². The van der Waals surface area contributed by atoms with Gasteiger partial charge in [0.25, 0.3) is 0 Å². The van der Waals surface area contributed by atoms with Crippen LogP contribution in [0, 0.1) is 5.41 Å². The van der Waals surface area contributed by atoms with E-state index in [-0.39, 0.29) is 5.41 Å². The molecule has 1 nitrogen and oxygen atoms in total. The predicted molar refractivity (Wildman–Crippen MR) is 34.2 cm³/mol.